The molecule has 0 heterocycles. The van der Waals surface area contributed by atoms with E-state index < -0.39 is 0 Å². The first-order valence-corrected chi connectivity index (χ1v) is 8.57. The Labute approximate surface area is 143 Å². The molecule has 0 N–H and O–H groups in total. The lowest BCUT2D eigenvalue weighted by Crippen LogP contribution is -2.23. The van der Waals surface area contributed by atoms with Gasteiger partial charge in [-0.15, -0.1) is 0 Å². The van der Waals surface area contributed by atoms with Crippen molar-refractivity contribution in [2.45, 2.75) is 67.7 Å². The summed E-state index contributed by atoms with van der Waals surface area (Å²) in [6, 6.07) is 9.21. The predicted molar refractivity (Wildman–Crippen MR) is 102 cm³/mol. The largest absolute Gasteiger partial charge is 0.0587 e. The molecule has 123 valence electrons. The van der Waals surface area contributed by atoms with Crippen molar-refractivity contribution >= 4 is 0 Å². The fraction of sp³-hybridized carbons (Fsp3) is 0.435. The van der Waals surface area contributed by atoms with Gasteiger partial charge in [0.15, 0.2) is 0 Å². The number of rotatable bonds is 3. The van der Waals surface area contributed by atoms with Gasteiger partial charge in [-0.2, -0.15) is 0 Å². The normalized spacial score (nSPS) is 12.1. The Morgan fingerprint density at radius 1 is 0.652 bits per heavy atom. The fourth-order valence-corrected chi connectivity index (χ4v) is 3.82. The van der Waals surface area contributed by atoms with Crippen LogP contribution in [0, 0.1) is 40.5 Å². The molecule has 0 saturated heterocycles. The standard InChI is InChI=1S/C23H31/c1-14(2)20-11-13-22(19(7)17(20)5)23(8,9)21-12-10-15(3)16(4)18(21)6/h10-13H,1-9H3. The first kappa shape index (κ1) is 17.8. The number of hydrogen-bond donors (Lipinski definition) is 0. The molecule has 0 fully saturated rings. The third kappa shape index (κ3) is 2.96. The highest BCUT2D eigenvalue weighted by Crippen LogP contribution is 2.38. The van der Waals surface area contributed by atoms with Crippen LogP contribution in [-0.2, 0) is 5.41 Å². The van der Waals surface area contributed by atoms with Crippen LogP contribution in [0.15, 0.2) is 24.3 Å². The summed E-state index contributed by atoms with van der Waals surface area (Å²) < 4.78 is 0. The maximum absolute atomic E-state index is 2.36. The summed E-state index contributed by atoms with van der Waals surface area (Å²) >= 11 is 0. The molecule has 0 spiro atoms. The summed E-state index contributed by atoms with van der Waals surface area (Å²) in [6.45, 7) is 20.3. The van der Waals surface area contributed by atoms with E-state index in [0.717, 1.165) is 0 Å². The molecule has 0 saturated carbocycles. The van der Waals surface area contributed by atoms with Gasteiger partial charge in [-0.3, -0.25) is 0 Å². The van der Waals surface area contributed by atoms with E-state index in [2.05, 4.69) is 86.6 Å². The van der Waals surface area contributed by atoms with Crippen molar-refractivity contribution in [2.24, 2.45) is 0 Å². The Hall–Kier alpha value is -1.56. The van der Waals surface area contributed by atoms with Crippen molar-refractivity contribution in [1.82, 2.24) is 0 Å². The Bertz CT molecular complexity index is 730. The summed E-state index contributed by atoms with van der Waals surface area (Å²) in [5.74, 6) is 1.39. The SMILES string of the molecule is C[C](C)c1ccc(C(C)(C)c2ccc(C)c(C)c2C)c(C)c1C. The summed E-state index contributed by atoms with van der Waals surface area (Å²) in [6.07, 6.45) is 0. The summed E-state index contributed by atoms with van der Waals surface area (Å²) in [5.41, 5.74) is 11.3. The highest BCUT2D eigenvalue weighted by atomic mass is 14.3. The first-order valence-electron chi connectivity index (χ1n) is 8.57. The molecule has 0 atom stereocenters. The van der Waals surface area contributed by atoms with Crippen molar-refractivity contribution in [3.8, 4) is 0 Å². The molecular weight excluding hydrogens is 276 g/mol. The predicted octanol–water partition coefficient (Wildman–Crippen LogP) is 6.52. The molecule has 0 amide bonds. The zero-order valence-corrected chi connectivity index (χ0v) is 16.3. The van der Waals surface area contributed by atoms with Crippen LogP contribution in [-0.4, -0.2) is 0 Å². The topological polar surface area (TPSA) is 0 Å². The lowest BCUT2D eigenvalue weighted by molar-refractivity contribution is 0.629. The lowest BCUT2D eigenvalue weighted by Gasteiger charge is -2.32. The van der Waals surface area contributed by atoms with Gasteiger partial charge >= 0.3 is 0 Å². The minimum Gasteiger partial charge on any atom is -0.0587 e. The highest BCUT2D eigenvalue weighted by Gasteiger charge is 2.28. The van der Waals surface area contributed by atoms with Gasteiger partial charge in [0.1, 0.15) is 0 Å². The Morgan fingerprint density at radius 3 is 1.65 bits per heavy atom. The second-order valence-electron chi connectivity index (χ2n) is 7.72. The molecular formula is C23H31. The smallest absolute Gasteiger partial charge is 0.0152 e. The lowest BCUT2D eigenvalue weighted by atomic mass is 9.72. The van der Waals surface area contributed by atoms with Crippen molar-refractivity contribution < 1.29 is 0 Å². The summed E-state index contributed by atoms with van der Waals surface area (Å²) in [7, 11) is 0. The van der Waals surface area contributed by atoms with Gasteiger partial charge in [0.05, 0.1) is 0 Å². The van der Waals surface area contributed by atoms with Gasteiger partial charge in [0, 0.05) is 5.41 Å². The van der Waals surface area contributed by atoms with E-state index in [1.54, 1.807) is 0 Å². The van der Waals surface area contributed by atoms with E-state index in [9.17, 15) is 0 Å². The van der Waals surface area contributed by atoms with E-state index >= 15 is 0 Å². The second-order valence-corrected chi connectivity index (χ2v) is 7.72. The van der Waals surface area contributed by atoms with Crippen molar-refractivity contribution in [3.63, 3.8) is 0 Å². The third-order valence-corrected chi connectivity index (χ3v) is 5.73. The van der Waals surface area contributed by atoms with Gasteiger partial charge < -0.3 is 0 Å². The number of benzene rings is 2. The van der Waals surface area contributed by atoms with Gasteiger partial charge in [-0.25, -0.2) is 0 Å². The van der Waals surface area contributed by atoms with Crippen LogP contribution < -0.4 is 0 Å². The molecule has 0 nitrogen and oxygen atoms in total. The van der Waals surface area contributed by atoms with Crippen molar-refractivity contribution in [2.75, 3.05) is 0 Å². The molecule has 2 aromatic carbocycles. The van der Waals surface area contributed by atoms with Gasteiger partial charge in [-0.05, 0) is 85.0 Å². The van der Waals surface area contributed by atoms with Crippen LogP contribution in [0.1, 0.15) is 72.2 Å². The van der Waals surface area contributed by atoms with Crippen LogP contribution in [0.2, 0.25) is 0 Å². The molecule has 0 aliphatic carbocycles. The van der Waals surface area contributed by atoms with E-state index in [1.807, 2.05) is 0 Å². The highest BCUT2D eigenvalue weighted by molar-refractivity contribution is 5.53. The van der Waals surface area contributed by atoms with Crippen molar-refractivity contribution in [1.29, 1.82) is 0 Å². The minimum atomic E-state index is 0.0115. The van der Waals surface area contributed by atoms with Crippen LogP contribution in [0.25, 0.3) is 0 Å². The Balaban J connectivity index is 2.66. The molecule has 23 heavy (non-hydrogen) atoms. The quantitative estimate of drug-likeness (QED) is 0.605. The Kier molecular flexibility index (Phi) is 4.76. The van der Waals surface area contributed by atoms with Gasteiger partial charge in [0.2, 0.25) is 0 Å². The van der Waals surface area contributed by atoms with E-state index in [1.165, 1.54) is 50.4 Å². The molecule has 0 aromatic heterocycles. The molecule has 0 aliphatic rings. The van der Waals surface area contributed by atoms with E-state index in [-0.39, 0.29) is 5.41 Å². The van der Waals surface area contributed by atoms with Crippen LogP contribution in [0.3, 0.4) is 0 Å². The van der Waals surface area contributed by atoms with Gasteiger partial charge in [-0.1, -0.05) is 52.0 Å². The maximum atomic E-state index is 2.36. The van der Waals surface area contributed by atoms with E-state index in [0.29, 0.717) is 0 Å². The molecule has 0 aliphatic heterocycles. The molecule has 0 bridgehead atoms. The summed E-state index contributed by atoms with van der Waals surface area (Å²) in [4.78, 5) is 0. The molecule has 2 rings (SSSR count). The second kappa shape index (κ2) is 6.15. The molecule has 0 heteroatoms. The monoisotopic (exact) mass is 307 g/mol. The molecule has 0 unspecified atom stereocenters. The Morgan fingerprint density at radius 2 is 1.13 bits per heavy atom. The average Bonchev–Trinajstić information content (AvgIpc) is 2.46. The average molecular weight is 308 g/mol. The van der Waals surface area contributed by atoms with E-state index in [4.69, 9.17) is 0 Å². The fourth-order valence-electron chi connectivity index (χ4n) is 3.82. The number of hydrogen-bond acceptors (Lipinski definition) is 0. The minimum absolute atomic E-state index is 0.0115. The maximum Gasteiger partial charge on any atom is 0.0152 e. The molecule has 1 radical (unpaired) electrons. The van der Waals surface area contributed by atoms with Crippen LogP contribution in [0.5, 0.6) is 0 Å². The molecule has 2 aromatic rings. The summed E-state index contributed by atoms with van der Waals surface area (Å²) in [5, 5.41) is 0. The first-order chi connectivity index (χ1) is 10.6. The van der Waals surface area contributed by atoms with Crippen molar-refractivity contribution in [3.05, 3.63) is 74.7 Å². The van der Waals surface area contributed by atoms with Crippen LogP contribution in [0.4, 0.5) is 0 Å². The van der Waals surface area contributed by atoms with Gasteiger partial charge in [0.25, 0.3) is 0 Å². The van der Waals surface area contributed by atoms with Crippen LogP contribution >= 0.6 is 0 Å². The number of aryl methyl sites for hydroxylation is 1. The zero-order chi connectivity index (χ0) is 17.5. The zero-order valence-electron chi connectivity index (χ0n) is 16.3. The third-order valence-electron chi connectivity index (χ3n) is 5.73.